The molecule has 20 heavy (non-hydrogen) atoms. The topological polar surface area (TPSA) is 37.3 Å². The highest BCUT2D eigenvalue weighted by atomic mass is 16.4. The lowest BCUT2D eigenvalue weighted by molar-refractivity contribution is -0.137. The van der Waals surface area contributed by atoms with Gasteiger partial charge in [-0.15, -0.1) is 18.4 Å². The van der Waals surface area contributed by atoms with Crippen molar-refractivity contribution < 1.29 is 9.90 Å². The lowest BCUT2D eigenvalue weighted by Gasteiger charge is -1.98. The van der Waals surface area contributed by atoms with Gasteiger partial charge in [0.05, 0.1) is 0 Å². The Hall–Kier alpha value is -1.23. The Labute approximate surface area is 124 Å². The Balaban J connectivity index is 3.13. The van der Waals surface area contributed by atoms with Crippen molar-refractivity contribution in [3.63, 3.8) is 0 Å². The molecule has 0 amide bonds. The van der Waals surface area contributed by atoms with Gasteiger partial charge < -0.3 is 5.11 Å². The maximum Gasteiger partial charge on any atom is 0.303 e. The maximum absolute atomic E-state index is 10.3. The fraction of sp³-hybridized carbons (Fsp3) is 0.722. The number of unbranched alkanes of at least 4 members (excludes halogenated alkanes) is 10. The predicted octanol–water partition coefficient (Wildman–Crippen LogP) is 5.33. The minimum Gasteiger partial charge on any atom is -0.481 e. The van der Waals surface area contributed by atoms with Crippen LogP contribution in [0.5, 0.6) is 0 Å². The molecule has 0 radical (unpaired) electrons. The molecule has 0 aliphatic rings. The first-order chi connectivity index (χ1) is 9.77. The van der Waals surface area contributed by atoms with Gasteiger partial charge in [0.25, 0.3) is 0 Å². The van der Waals surface area contributed by atoms with Crippen LogP contribution in [0.3, 0.4) is 0 Å². The SMILES string of the molecule is C=CCCCCCCCCC#CCCCCCC(=O)O. The Kier molecular flexibility index (Phi) is 14.9. The Morgan fingerprint density at radius 3 is 1.90 bits per heavy atom. The molecule has 0 heterocycles. The minimum atomic E-state index is -0.694. The van der Waals surface area contributed by atoms with Crippen LogP contribution in [0.4, 0.5) is 0 Å². The van der Waals surface area contributed by atoms with E-state index in [1.807, 2.05) is 6.08 Å². The van der Waals surface area contributed by atoms with E-state index >= 15 is 0 Å². The van der Waals surface area contributed by atoms with E-state index in [0.717, 1.165) is 38.5 Å². The van der Waals surface area contributed by atoms with E-state index in [1.165, 1.54) is 38.5 Å². The van der Waals surface area contributed by atoms with Crippen molar-refractivity contribution in [1.29, 1.82) is 0 Å². The van der Waals surface area contributed by atoms with Crippen LogP contribution in [-0.4, -0.2) is 11.1 Å². The van der Waals surface area contributed by atoms with Gasteiger partial charge in [-0.25, -0.2) is 0 Å². The quantitative estimate of drug-likeness (QED) is 0.281. The van der Waals surface area contributed by atoms with E-state index in [4.69, 9.17) is 5.11 Å². The Morgan fingerprint density at radius 1 is 0.850 bits per heavy atom. The van der Waals surface area contributed by atoms with Crippen LogP contribution in [0.15, 0.2) is 12.7 Å². The smallest absolute Gasteiger partial charge is 0.303 e. The number of hydrogen-bond acceptors (Lipinski definition) is 1. The summed E-state index contributed by atoms with van der Waals surface area (Å²) >= 11 is 0. The molecule has 114 valence electrons. The van der Waals surface area contributed by atoms with E-state index < -0.39 is 5.97 Å². The first-order valence-corrected chi connectivity index (χ1v) is 8.05. The van der Waals surface area contributed by atoms with Gasteiger partial charge in [0.1, 0.15) is 0 Å². The predicted molar refractivity (Wildman–Crippen MR) is 85.6 cm³/mol. The molecular weight excluding hydrogens is 248 g/mol. The van der Waals surface area contributed by atoms with Crippen LogP contribution >= 0.6 is 0 Å². The van der Waals surface area contributed by atoms with Gasteiger partial charge in [0.15, 0.2) is 0 Å². The fourth-order valence-electron chi connectivity index (χ4n) is 2.05. The zero-order valence-corrected chi connectivity index (χ0v) is 12.8. The number of rotatable bonds is 13. The van der Waals surface area contributed by atoms with Crippen molar-refractivity contribution in [1.82, 2.24) is 0 Å². The highest BCUT2D eigenvalue weighted by Crippen LogP contribution is 2.08. The molecule has 0 fully saturated rings. The number of carboxylic acid groups (broad SMARTS) is 1. The van der Waals surface area contributed by atoms with Crippen LogP contribution < -0.4 is 0 Å². The zero-order chi connectivity index (χ0) is 14.9. The van der Waals surface area contributed by atoms with Gasteiger partial charge >= 0.3 is 5.97 Å². The molecule has 0 atom stereocenters. The third-order valence-corrected chi connectivity index (χ3v) is 3.28. The fourth-order valence-corrected chi connectivity index (χ4v) is 2.05. The number of hydrogen-bond donors (Lipinski definition) is 1. The maximum atomic E-state index is 10.3. The molecule has 0 aliphatic heterocycles. The van der Waals surface area contributed by atoms with Gasteiger partial charge in [0.2, 0.25) is 0 Å². The van der Waals surface area contributed by atoms with E-state index in [1.54, 1.807) is 0 Å². The van der Waals surface area contributed by atoms with Crippen LogP contribution in [0.1, 0.15) is 83.5 Å². The highest BCUT2D eigenvalue weighted by molar-refractivity contribution is 5.66. The van der Waals surface area contributed by atoms with Gasteiger partial charge in [-0.3, -0.25) is 4.79 Å². The Morgan fingerprint density at radius 2 is 1.35 bits per heavy atom. The first kappa shape index (κ1) is 18.8. The van der Waals surface area contributed by atoms with Crippen LogP contribution in [0.25, 0.3) is 0 Å². The summed E-state index contributed by atoms with van der Waals surface area (Å²) in [6.45, 7) is 3.73. The number of carbonyl (C=O) groups is 1. The molecule has 2 nitrogen and oxygen atoms in total. The second-order valence-electron chi connectivity index (χ2n) is 5.26. The molecule has 0 rings (SSSR count). The van der Waals surface area contributed by atoms with E-state index in [2.05, 4.69) is 18.4 Å². The third-order valence-electron chi connectivity index (χ3n) is 3.28. The van der Waals surface area contributed by atoms with Crippen LogP contribution in [0, 0.1) is 11.8 Å². The van der Waals surface area contributed by atoms with Gasteiger partial charge in [-0.1, -0.05) is 38.2 Å². The summed E-state index contributed by atoms with van der Waals surface area (Å²) in [5.41, 5.74) is 0. The monoisotopic (exact) mass is 278 g/mol. The molecule has 0 saturated heterocycles. The van der Waals surface area contributed by atoms with Crippen LogP contribution in [-0.2, 0) is 4.79 Å². The van der Waals surface area contributed by atoms with Crippen molar-refractivity contribution in [2.24, 2.45) is 0 Å². The molecule has 0 aromatic heterocycles. The molecule has 0 unspecified atom stereocenters. The van der Waals surface area contributed by atoms with Crippen molar-refractivity contribution in [3.05, 3.63) is 12.7 Å². The minimum absolute atomic E-state index is 0.292. The zero-order valence-electron chi connectivity index (χ0n) is 12.8. The van der Waals surface area contributed by atoms with E-state index in [-0.39, 0.29) is 0 Å². The first-order valence-electron chi connectivity index (χ1n) is 8.05. The molecule has 0 spiro atoms. The van der Waals surface area contributed by atoms with Gasteiger partial charge in [0, 0.05) is 19.3 Å². The summed E-state index contributed by atoms with van der Waals surface area (Å²) in [6.07, 6.45) is 15.9. The van der Waals surface area contributed by atoms with E-state index in [9.17, 15) is 4.79 Å². The summed E-state index contributed by atoms with van der Waals surface area (Å²) in [5.74, 6) is 5.71. The highest BCUT2D eigenvalue weighted by Gasteiger charge is 1.95. The molecule has 0 aliphatic carbocycles. The average Bonchev–Trinajstić information content (AvgIpc) is 2.43. The molecule has 1 N–H and O–H groups in total. The molecule has 2 heteroatoms. The molecule has 0 aromatic carbocycles. The number of allylic oxidation sites excluding steroid dienone is 1. The normalized spacial score (nSPS) is 9.80. The van der Waals surface area contributed by atoms with Crippen molar-refractivity contribution >= 4 is 5.97 Å². The summed E-state index contributed by atoms with van der Waals surface area (Å²) in [4.78, 5) is 10.3. The second kappa shape index (κ2) is 15.8. The molecular formula is C18H30O2. The van der Waals surface area contributed by atoms with Crippen LogP contribution in [0.2, 0.25) is 0 Å². The number of aliphatic carboxylic acids is 1. The number of carboxylic acids is 1. The lowest BCUT2D eigenvalue weighted by Crippen LogP contribution is -1.93. The Bertz CT molecular complexity index is 296. The van der Waals surface area contributed by atoms with Gasteiger partial charge in [-0.2, -0.15) is 0 Å². The second-order valence-corrected chi connectivity index (χ2v) is 5.26. The molecule has 0 bridgehead atoms. The molecule has 0 saturated carbocycles. The van der Waals surface area contributed by atoms with Crippen molar-refractivity contribution in [2.75, 3.05) is 0 Å². The molecule has 0 aromatic rings. The average molecular weight is 278 g/mol. The summed E-state index contributed by atoms with van der Waals surface area (Å²) in [7, 11) is 0. The summed E-state index contributed by atoms with van der Waals surface area (Å²) < 4.78 is 0. The summed E-state index contributed by atoms with van der Waals surface area (Å²) in [6, 6.07) is 0. The summed E-state index contributed by atoms with van der Waals surface area (Å²) in [5, 5.41) is 8.49. The van der Waals surface area contributed by atoms with Gasteiger partial charge in [-0.05, 0) is 32.1 Å². The third kappa shape index (κ3) is 16.8. The van der Waals surface area contributed by atoms with Crippen molar-refractivity contribution in [3.8, 4) is 11.8 Å². The van der Waals surface area contributed by atoms with E-state index in [0.29, 0.717) is 6.42 Å². The standard InChI is InChI=1S/C18H30O2/c1-2-3-4-5-6-7-8-9-10-11-12-13-14-15-16-17-18(19)20/h2H,1,3-10,13-17H2,(H,19,20). The van der Waals surface area contributed by atoms with Crippen molar-refractivity contribution in [2.45, 2.75) is 83.5 Å². The lowest BCUT2D eigenvalue weighted by atomic mass is 10.1. The largest absolute Gasteiger partial charge is 0.481 e.